The summed E-state index contributed by atoms with van der Waals surface area (Å²) in [5.41, 5.74) is 4.57. The number of carboxylic acid groups (broad SMARTS) is 3. The summed E-state index contributed by atoms with van der Waals surface area (Å²) >= 11 is 0. The molecule has 0 rings (SSSR count). The van der Waals surface area contributed by atoms with Gasteiger partial charge >= 0.3 is 17.9 Å². The fourth-order valence-electron chi connectivity index (χ4n) is 1.60. The van der Waals surface area contributed by atoms with E-state index in [0.29, 0.717) is 15.5 Å². The number of quaternary nitrogens is 3. The van der Waals surface area contributed by atoms with Crippen LogP contribution in [-0.2, 0) is 14.4 Å². The van der Waals surface area contributed by atoms with Crippen molar-refractivity contribution < 1.29 is 53.4 Å². The quantitative estimate of drug-likeness (QED) is 0.213. The molecule has 0 aliphatic heterocycles. The van der Waals surface area contributed by atoms with Crippen LogP contribution in [0.5, 0.6) is 0 Å². The lowest BCUT2D eigenvalue weighted by Crippen LogP contribution is -2.42. The molecule has 0 saturated carbocycles. The largest absolute Gasteiger partial charge is 0.481 e. The van der Waals surface area contributed by atoms with Gasteiger partial charge in [-0.05, 0) is 0 Å². The van der Waals surface area contributed by atoms with E-state index in [1.165, 1.54) is 0 Å². The predicted molar refractivity (Wildman–Crippen MR) is 118 cm³/mol. The lowest BCUT2D eigenvalue weighted by Gasteiger charge is -2.25. The highest BCUT2D eigenvalue weighted by Gasteiger charge is 2.17. The van der Waals surface area contributed by atoms with Crippen LogP contribution in [-0.4, -0.2) is 159 Å². The van der Waals surface area contributed by atoms with E-state index >= 15 is 0 Å². The molecule has 1 atom stereocenters. The third-order valence-electron chi connectivity index (χ3n) is 2.72. The van der Waals surface area contributed by atoms with Crippen molar-refractivity contribution in [1.29, 1.82) is 0 Å². The number of aliphatic hydroxyl groups is 2. The van der Waals surface area contributed by atoms with E-state index in [2.05, 4.69) is 26.9 Å². The van der Waals surface area contributed by atoms with Crippen molar-refractivity contribution in [2.24, 2.45) is 5.73 Å². The predicted octanol–water partition coefficient (Wildman–Crippen LogP) is -1.98. The molecule has 0 fully saturated rings. The Balaban J connectivity index is -0.000000163. The molecule has 0 heterocycles. The summed E-state index contributed by atoms with van der Waals surface area (Å²) in [7, 11) is 17.4. The normalized spacial score (nSPS) is 12.0. The minimum Gasteiger partial charge on any atom is -0.481 e. The van der Waals surface area contributed by atoms with Crippen LogP contribution >= 0.6 is 0 Å². The Labute approximate surface area is 186 Å². The Morgan fingerprint density at radius 1 is 0.742 bits per heavy atom. The van der Waals surface area contributed by atoms with Crippen molar-refractivity contribution in [3.63, 3.8) is 0 Å². The van der Waals surface area contributed by atoms with Crippen LogP contribution in [0.3, 0.4) is 0 Å². The molecule has 0 aromatic rings. The molecule has 7 N–H and O–H groups in total. The van der Waals surface area contributed by atoms with Gasteiger partial charge in [0.1, 0.15) is 19.2 Å². The van der Waals surface area contributed by atoms with Crippen molar-refractivity contribution in [3.05, 3.63) is 0 Å². The highest BCUT2D eigenvalue weighted by Crippen LogP contribution is 1.98. The van der Waals surface area contributed by atoms with Gasteiger partial charge in [0, 0.05) is 0 Å². The molecule has 12 nitrogen and oxygen atoms in total. The molecule has 1 unspecified atom stereocenters. The number of hydrogen-bond donors (Lipinski definition) is 6. The lowest BCUT2D eigenvalue weighted by molar-refractivity contribution is -0.873. The number of likely N-dealkylation sites (N-methyl/N-ethyl adjacent to an activating group) is 3. The van der Waals surface area contributed by atoms with E-state index in [1.54, 1.807) is 0 Å². The van der Waals surface area contributed by atoms with Crippen LogP contribution in [0.4, 0.5) is 0 Å². The second-order valence-electron chi connectivity index (χ2n) is 9.90. The Bertz CT molecular complexity index is 495. The molecule has 0 amide bonds. The third-order valence-corrected chi connectivity index (χ3v) is 2.72. The van der Waals surface area contributed by atoms with Crippen LogP contribution in [0.1, 0.15) is 6.42 Å². The first kappa shape index (κ1) is 36.5. The fraction of sp³-hybridized carbons (Fsp3) is 0.842. The number of carboxylic acids is 3. The molecule has 188 valence electrons. The summed E-state index contributed by atoms with van der Waals surface area (Å²) in [6.45, 7) is 1.48. The van der Waals surface area contributed by atoms with Gasteiger partial charge in [0.2, 0.25) is 0 Å². The smallest absolute Gasteiger partial charge is 0.359 e. The SMILES string of the molecule is C[N+](C)(C)CC(=O)O.C[N+](C)(C)CC(O)CC(=O)O.C[N+](C)(C)CCO.NCC(=O)O. The second kappa shape index (κ2) is 17.8. The molecule has 0 aromatic carbocycles. The number of nitrogens with two attached hydrogens (primary N) is 1. The summed E-state index contributed by atoms with van der Waals surface area (Å²) in [5.74, 6) is -2.67. The van der Waals surface area contributed by atoms with Gasteiger partial charge in [0.15, 0.2) is 6.54 Å². The Hall–Kier alpha value is -1.83. The van der Waals surface area contributed by atoms with Crippen LogP contribution in [0.15, 0.2) is 0 Å². The van der Waals surface area contributed by atoms with Crippen LogP contribution < -0.4 is 5.73 Å². The van der Waals surface area contributed by atoms with Crippen molar-refractivity contribution in [3.8, 4) is 0 Å². The maximum Gasteiger partial charge on any atom is 0.359 e. The number of aliphatic carboxylic acids is 3. The van der Waals surface area contributed by atoms with Crippen LogP contribution in [0.2, 0.25) is 0 Å². The topological polar surface area (TPSA) is 178 Å². The van der Waals surface area contributed by atoms with Crippen LogP contribution in [0, 0.1) is 0 Å². The fourth-order valence-corrected chi connectivity index (χ4v) is 1.60. The minimum atomic E-state index is -0.968. The van der Waals surface area contributed by atoms with Gasteiger partial charge in [-0.3, -0.25) is 9.59 Å². The standard InChI is InChI=1S/C7H15NO3.C5H11NO2.C5H14NO.C2H5NO2/c1-8(2,3)5-6(9)4-7(10)11;1-6(2,3)4-5(7)8;1-6(2,3)4-5-7;3-1-2(4)5/h6,9H,4-5H2,1-3H3;4H2,1-3H3;7H,4-5H2,1-3H3;1,3H2,(H,4,5)/q;;+1;/p+2. The lowest BCUT2D eigenvalue weighted by atomic mass is 10.2. The van der Waals surface area contributed by atoms with Gasteiger partial charge in [-0.1, -0.05) is 0 Å². The van der Waals surface area contributed by atoms with E-state index in [-0.39, 0.29) is 26.1 Å². The third kappa shape index (κ3) is 58.4. The molecule has 31 heavy (non-hydrogen) atoms. The Kier molecular flexibility index (Phi) is 21.0. The molecule has 0 spiro atoms. The Morgan fingerprint density at radius 3 is 1.23 bits per heavy atom. The molecule has 0 aliphatic rings. The van der Waals surface area contributed by atoms with Crippen molar-refractivity contribution in [2.45, 2.75) is 12.5 Å². The number of aliphatic hydroxyl groups excluding tert-OH is 2. The van der Waals surface area contributed by atoms with Gasteiger partial charge in [0.25, 0.3) is 0 Å². The summed E-state index contributed by atoms with van der Waals surface area (Å²) in [6, 6.07) is 0. The van der Waals surface area contributed by atoms with Gasteiger partial charge in [-0.25, -0.2) is 4.79 Å². The zero-order chi connectivity index (χ0) is 26.1. The highest BCUT2D eigenvalue weighted by molar-refractivity contribution is 5.68. The average Bonchev–Trinajstić information content (AvgIpc) is 2.41. The summed E-state index contributed by atoms with van der Waals surface area (Å²) < 4.78 is 1.90. The van der Waals surface area contributed by atoms with E-state index in [1.807, 2.05) is 42.3 Å². The average molecular weight is 460 g/mol. The van der Waals surface area contributed by atoms with E-state index in [0.717, 1.165) is 11.0 Å². The van der Waals surface area contributed by atoms with Gasteiger partial charge in [-0.15, -0.1) is 0 Å². The van der Waals surface area contributed by atoms with Crippen molar-refractivity contribution in [2.75, 3.05) is 96.2 Å². The van der Waals surface area contributed by atoms with Crippen LogP contribution in [0.25, 0.3) is 0 Å². The summed E-state index contributed by atoms with van der Waals surface area (Å²) in [5, 5.41) is 41.7. The molecule has 0 bridgehead atoms. The van der Waals surface area contributed by atoms with Gasteiger partial charge in [0.05, 0.1) is 83.0 Å². The monoisotopic (exact) mass is 459 g/mol. The zero-order valence-corrected chi connectivity index (χ0v) is 20.7. The first-order chi connectivity index (χ1) is 13.6. The highest BCUT2D eigenvalue weighted by atomic mass is 16.4. The minimum absolute atomic E-state index is 0.171. The Morgan fingerprint density at radius 2 is 1.13 bits per heavy atom. The molecular weight excluding hydrogens is 412 g/mol. The second-order valence-corrected chi connectivity index (χ2v) is 9.90. The zero-order valence-electron chi connectivity index (χ0n) is 20.7. The number of hydrogen-bond acceptors (Lipinski definition) is 6. The molecular formula is C19H47N4O8+3. The maximum absolute atomic E-state index is 10.1. The number of rotatable bonds is 9. The van der Waals surface area contributed by atoms with E-state index in [4.69, 9.17) is 25.5 Å². The molecule has 0 radical (unpaired) electrons. The van der Waals surface area contributed by atoms with Crippen molar-refractivity contribution >= 4 is 17.9 Å². The first-order valence-corrected chi connectivity index (χ1v) is 9.62. The van der Waals surface area contributed by atoms with Gasteiger partial charge in [-0.2, -0.15) is 0 Å². The molecule has 12 heteroatoms. The van der Waals surface area contributed by atoms with Crippen molar-refractivity contribution in [1.82, 2.24) is 0 Å². The summed E-state index contributed by atoms with van der Waals surface area (Å²) in [6.07, 6.45) is -0.914. The maximum atomic E-state index is 10.1. The molecule has 0 saturated heterocycles. The van der Waals surface area contributed by atoms with Gasteiger partial charge < -0.3 is 44.7 Å². The number of carbonyl (C=O) groups is 3. The molecule has 0 aromatic heterocycles. The summed E-state index contributed by atoms with van der Waals surface area (Å²) in [4.78, 5) is 29.4. The molecule has 0 aliphatic carbocycles. The first-order valence-electron chi connectivity index (χ1n) is 9.62. The number of nitrogens with zero attached hydrogens (tertiary/aromatic N) is 3. The van der Waals surface area contributed by atoms with E-state index in [9.17, 15) is 14.4 Å². The van der Waals surface area contributed by atoms with E-state index < -0.39 is 24.0 Å².